The molecule has 0 aliphatic carbocycles. The fraction of sp³-hybridized carbons (Fsp3) is 0.294. The standard InChI is InChI=1S/C17H17ClFNO/c18-13-5-6-15(19)12(9-13)10-16(20)17-14-4-2-1-3-11(14)7-8-21-17/h1-6,9,16-17H,7-8,10,20H2. The molecule has 2 aromatic rings. The first-order chi connectivity index (χ1) is 10.1. The van der Waals surface area contributed by atoms with Gasteiger partial charge in [0.05, 0.1) is 12.7 Å². The molecule has 2 unspecified atom stereocenters. The maximum atomic E-state index is 13.8. The highest BCUT2D eigenvalue weighted by atomic mass is 35.5. The maximum absolute atomic E-state index is 13.8. The predicted octanol–water partition coefficient (Wildman–Crippen LogP) is 3.66. The minimum Gasteiger partial charge on any atom is -0.372 e. The molecule has 0 radical (unpaired) electrons. The van der Waals surface area contributed by atoms with Gasteiger partial charge in [-0.2, -0.15) is 0 Å². The molecule has 0 aromatic heterocycles. The maximum Gasteiger partial charge on any atom is 0.126 e. The van der Waals surface area contributed by atoms with E-state index in [4.69, 9.17) is 22.1 Å². The molecule has 4 heteroatoms. The van der Waals surface area contributed by atoms with Crippen LogP contribution in [-0.2, 0) is 17.6 Å². The van der Waals surface area contributed by atoms with Crippen LogP contribution in [0, 0.1) is 5.82 Å². The molecule has 0 saturated carbocycles. The van der Waals surface area contributed by atoms with Gasteiger partial charge in [-0.3, -0.25) is 0 Å². The zero-order valence-corrected chi connectivity index (χ0v) is 12.3. The van der Waals surface area contributed by atoms with Crippen molar-refractivity contribution >= 4 is 11.6 Å². The molecule has 1 aliphatic rings. The Hall–Kier alpha value is -1.42. The van der Waals surface area contributed by atoms with Crippen LogP contribution in [0.2, 0.25) is 5.02 Å². The first-order valence-electron chi connectivity index (χ1n) is 7.04. The summed E-state index contributed by atoms with van der Waals surface area (Å²) in [6, 6.07) is 12.4. The highest BCUT2D eigenvalue weighted by Gasteiger charge is 2.27. The van der Waals surface area contributed by atoms with Crippen molar-refractivity contribution in [3.63, 3.8) is 0 Å². The third-order valence-corrected chi connectivity index (χ3v) is 4.12. The summed E-state index contributed by atoms with van der Waals surface area (Å²) in [5, 5.41) is 0.517. The molecule has 110 valence electrons. The van der Waals surface area contributed by atoms with Gasteiger partial charge in [0.25, 0.3) is 0 Å². The topological polar surface area (TPSA) is 35.2 Å². The van der Waals surface area contributed by atoms with Crippen LogP contribution in [0.3, 0.4) is 0 Å². The number of rotatable bonds is 3. The van der Waals surface area contributed by atoms with Crippen LogP contribution in [-0.4, -0.2) is 12.6 Å². The van der Waals surface area contributed by atoms with Crippen molar-refractivity contribution in [3.8, 4) is 0 Å². The van der Waals surface area contributed by atoms with E-state index in [1.54, 1.807) is 12.1 Å². The van der Waals surface area contributed by atoms with Gasteiger partial charge in [0.15, 0.2) is 0 Å². The summed E-state index contributed by atoms with van der Waals surface area (Å²) in [5.74, 6) is -0.279. The third kappa shape index (κ3) is 3.10. The summed E-state index contributed by atoms with van der Waals surface area (Å²) >= 11 is 5.93. The second kappa shape index (κ2) is 6.14. The summed E-state index contributed by atoms with van der Waals surface area (Å²) < 4.78 is 19.7. The molecule has 21 heavy (non-hydrogen) atoms. The molecule has 1 heterocycles. The summed E-state index contributed by atoms with van der Waals surface area (Å²) in [4.78, 5) is 0. The van der Waals surface area contributed by atoms with Crippen molar-refractivity contribution in [3.05, 3.63) is 70.0 Å². The Balaban J connectivity index is 1.83. The van der Waals surface area contributed by atoms with Crippen molar-refractivity contribution in [1.82, 2.24) is 0 Å². The average molecular weight is 306 g/mol. The van der Waals surface area contributed by atoms with E-state index < -0.39 is 0 Å². The minimum atomic E-state index is -0.306. The average Bonchev–Trinajstić information content (AvgIpc) is 2.50. The van der Waals surface area contributed by atoms with Crippen LogP contribution in [0.25, 0.3) is 0 Å². The molecule has 1 aliphatic heterocycles. The third-order valence-electron chi connectivity index (χ3n) is 3.88. The van der Waals surface area contributed by atoms with Gasteiger partial charge in [-0.15, -0.1) is 0 Å². The number of fused-ring (bicyclic) bond motifs is 1. The summed E-state index contributed by atoms with van der Waals surface area (Å²) in [6.45, 7) is 0.646. The summed E-state index contributed by atoms with van der Waals surface area (Å²) in [7, 11) is 0. The van der Waals surface area contributed by atoms with Gasteiger partial charge in [0.1, 0.15) is 5.82 Å². The molecule has 2 nitrogen and oxygen atoms in total. The van der Waals surface area contributed by atoms with Crippen molar-refractivity contribution < 1.29 is 9.13 Å². The molecular weight excluding hydrogens is 289 g/mol. The van der Waals surface area contributed by atoms with Crippen LogP contribution in [0.5, 0.6) is 0 Å². The quantitative estimate of drug-likeness (QED) is 0.939. The summed E-state index contributed by atoms with van der Waals surface area (Å²) in [5.41, 5.74) is 9.18. The molecule has 0 bridgehead atoms. The predicted molar refractivity (Wildman–Crippen MR) is 81.9 cm³/mol. The first-order valence-corrected chi connectivity index (χ1v) is 7.42. The molecule has 2 aromatic carbocycles. The number of halogens is 2. The smallest absolute Gasteiger partial charge is 0.126 e. The highest BCUT2D eigenvalue weighted by Crippen LogP contribution is 2.30. The Kier molecular flexibility index (Phi) is 4.24. The SMILES string of the molecule is NC(Cc1cc(Cl)ccc1F)C1OCCc2ccccc21. The number of benzene rings is 2. The Bertz CT molecular complexity index is 646. The van der Waals surface area contributed by atoms with Crippen LogP contribution in [0.4, 0.5) is 4.39 Å². The first kappa shape index (κ1) is 14.5. The lowest BCUT2D eigenvalue weighted by Crippen LogP contribution is -2.35. The van der Waals surface area contributed by atoms with Gasteiger partial charge < -0.3 is 10.5 Å². The normalized spacial score (nSPS) is 19.1. The van der Waals surface area contributed by atoms with Gasteiger partial charge in [-0.25, -0.2) is 4.39 Å². The van der Waals surface area contributed by atoms with Crippen molar-refractivity contribution in [2.45, 2.75) is 25.0 Å². The van der Waals surface area contributed by atoms with Crippen LogP contribution in [0.1, 0.15) is 22.8 Å². The van der Waals surface area contributed by atoms with Crippen LogP contribution >= 0.6 is 11.6 Å². The lowest BCUT2D eigenvalue weighted by molar-refractivity contribution is 0.0245. The molecule has 2 atom stereocenters. The Morgan fingerprint density at radius 1 is 1.29 bits per heavy atom. The van der Waals surface area contributed by atoms with Crippen molar-refractivity contribution in [1.29, 1.82) is 0 Å². The molecule has 0 amide bonds. The zero-order chi connectivity index (χ0) is 14.8. The lowest BCUT2D eigenvalue weighted by Gasteiger charge is -2.30. The van der Waals surface area contributed by atoms with E-state index >= 15 is 0 Å². The van der Waals surface area contributed by atoms with Crippen molar-refractivity contribution in [2.24, 2.45) is 5.73 Å². The number of ether oxygens (including phenoxy) is 1. The number of nitrogens with two attached hydrogens (primary N) is 1. The Labute approximate surface area is 128 Å². The second-order valence-electron chi connectivity index (χ2n) is 5.34. The Morgan fingerprint density at radius 3 is 2.95 bits per heavy atom. The van der Waals surface area contributed by atoms with Crippen LogP contribution in [0.15, 0.2) is 42.5 Å². The highest BCUT2D eigenvalue weighted by molar-refractivity contribution is 6.30. The monoisotopic (exact) mass is 305 g/mol. The molecule has 0 fully saturated rings. The van der Waals surface area contributed by atoms with Gasteiger partial charge in [0, 0.05) is 11.1 Å². The van der Waals surface area contributed by atoms with E-state index in [1.807, 2.05) is 18.2 Å². The largest absolute Gasteiger partial charge is 0.372 e. The molecular formula is C17H17ClFNO. The second-order valence-corrected chi connectivity index (χ2v) is 5.78. The van der Waals surface area contributed by atoms with E-state index in [9.17, 15) is 4.39 Å². The summed E-state index contributed by atoms with van der Waals surface area (Å²) in [6.07, 6.45) is 1.09. The zero-order valence-electron chi connectivity index (χ0n) is 11.6. The molecule has 0 spiro atoms. The van der Waals surface area contributed by atoms with Gasteiger partial charge in [-0.1, -0.05) is 35.9 Å². The molecule has 2 N–H and O–H groups in total. The van der Waals surface area contributed by atoms with E-state index in [-0.39, 0.29) is 18.0 Å². The minimum absolute atomic E-state index is 0.201. The van der Waals surface area contributed by atoms with Gasteiger partial charge in [-0.05, 0) is 47.7 Å². The number of hydrogen-bond acceptors (Lipinski definition) is 2. The molecule has 3 rings (SSSR count). The van der Waals surface area contributed by atoms with Crippen LogP contribution < -0.4 is 5.73 Å². The lowest BCUT2D eigenvalue weighted by atomic mass is 9.90. The fourth-order valence-electron chi connectivity index (χ4n) is 2.84. The van der Waals surface area contributed by atoms with E-state index in [1.165, 1.54) is 11.6 Å². The van der Waals surface area contributed by atoms with E-state index in [0.29, 0.717) is 23.6 Å². The number of hydrogen-bond donors (Lipinski definition) is 1. The van der Waals surface area contributed by atoms with Gasteiger partial charge >= 0.3 is 0 Å². The Morgan fingerprint density at radius 2 is 2.10 bits per heavy atom. The van der Waals surface area contributed by atoms with E-state index in [2.05, 4.69) is 6.07 Å². The van der Waals surface area contributed by atoms with Crippen molar-refractivity contribution in [2.75, 3.05) is 6.61 Å². The molecule has 0 saturated heterocycles. The van der Waals surface area contributed by atoms with Gasteiger partial charge in [0.2, 0.25) is 0 Å². The van der Waals surface area contributed by atoms with E-state index in [0.717, 1.165) is 12.0 Å². The fourth-order valence-corrected chi connectivity index (χ4v) is 3.03.